The average Bonchev–Trinajstić information content (AvgIpc) is 3.29. The molecule has 0 unspecified atom stereocenters. The van der Waals surface area contributed by atoms with Crippen molar-refractivity contribution in [2.24, 2.45) is 0 Å². The predicted octanol–water partition coefficient (Wildman–Crippen LogP) is 4.51. The second-order valence-corrected chi connectivity index (χ2v) is 8.26. The smallest absolute Gasteiger partial charge is 0.319 e. The summed E-state index contributed by atoms with van der Waals surface area (Å²) in [5.74, 6) is 0.636. The summed E-state index contributed by atoms with van der Waals surface area (Å²) < 4.78 is 7.47. The van der Waals surface area contributed by atoms with Crippen molar-refractivity contribution >= 4 is 29.3 Å². The van der Waals surface area contributed by atoms with Gasteiger partial charge in [-0.15, -0.1) is 10.2 Å². The fourth-order valence-corrected chi connectivity index (χ4v) is 5.05. The molecule has 0 bridgehead atoms. The van der Waals surface area contributed by atoms with Gasteiger partial charge in [-0.25, -0.2) is 0 Å². The normalized spacial score (nSPS) is 24.0. The van der Waals surface area contributed by atoms with Crippen molar-refractivity contribution in [2.75, 3.05) is 0 Å². The van der Waals surface area contributed by atoms with Gasteiger partial charge in [0.05, 0.1) is 5.02 Å². The molecule has 1 saturated carbocycles. The van der Waals surface area contributed by atoms with E-state index in [4.69, 9.17) is 16.3 Å². The maximum absolute atomic E-state index is 12.0. The number of hydrogen-bond donors (Lipinski definition) is 0. The van der Waals surface area contributed by atoms with Gasteiger partial charge in [0, 0.05) is 18.0 Å². The Balaban J connectivity index is 1.72. The van der Waals surface area contributed by atoms with Crippen molar-refractivity contribution in [2.45, 2.75) is 61.6 Å². The Morgan fingerprint density at radius 2 is 2.00 bits per heavy atom. The lowest BCUT2D eigenvalue weighted by atomic mass is 10.2. The van der Waals surface area contributed by atoms with E-state index in [9.17, 15) is 4.79 Å². The molecule has 1 aliphatic heterocycles. The van der Waals surface area contributed by atoms with E-state index in [2.05, 4.69) is 14.8 Å². The van der Waals surface area contributed by atoms with Crippen LogP contribution in [0.3, 0.4) is 0 Å². The van der Waals surface area contributed by atoms with Gasteiger partial charge in [0.15, 0.2) is 11.0 Å². The summed E-state index contributed by atoms with van der Waals surface area (Å²) in [5, 5.41) is 10.1. The first-order chi connectivity index (χ1) is 12.1. The molecule has 4 rings (SSSR count). The molecule has 7 heteroatoms. The Kier molecular flexibility index (Phi) is 4.73. The molecule has 1 aromatic carbocycles. The third-order valence-electron chi connectivity index (χ3n) is 4.84. The van der Waals surface area contributed by atoms with Crippen LogP contribution in [0.25, 0.3) is 11.4 Å². The van der Waals surface area contributed by atoms with E-state index in [1.54, 1.807) is 0 Å². The van der Waals surface area contributed by atoms with Gasteiger partial charge in [-0.2, -0.15) is 0 Å². The van der Waals surface area contributed by atoms with Gasteiger partial charge in [0.2, 0.25) is 0 Å². The zero-order valence-corrected chi connectivity index (χ0v) is 15.6. The van der Waals surface area contributed by atoms with Gasteiger partial charge in [-0.3, -0.25) is 9.36 Å². The highest BCUT2D eigenvalue weighted by Crippen LogP contribution is 2.40. The van der Waals surface area contributed by atoms with Crippen LogP contribution in [0.4, 0.5) is 0 Å². The SMILES string of the molecule is C[C@H]1C[C@H](Sc2nnc(-c3ccccc3Cl)n2C2CCCC2)C(=O)O1. The van der Waals surface area contributed by atoms with Crippen LogP contribution in [-0.4, -0.2) is 32.1 Å². The van der Waals surface area contributed by atoms with E-state index in [1.807, 2.05) is 31.2 Å². The maximum atomic E-state index is 12.0. The van der Waals surface area contributed by atoms with Crippen LogP contribution in [0, 0.1) is 0 Å². The van der Waals surface area contributed by atoms with Crippen molar-refractivity contribution in [3.63, 3.8) is 0 Å². The minimum absolute atomic E-state index is 0.0316. The van der Waals surface area contributed by atoms with Crippen molar-refractivity contribution in [1.29, 1.82) is 0 Å². The highest BCUT2D eigenvalue weighted by molar-refractivity contribution is 8.00. The number of rotatable bonds is 4. The number of cyclic esters (lactones) is 1. The summed E-state index contributed by atoms with van der Waals surface area (Å²) in [6.07, 6.45) is 5.30. The fraction of sp³-hybridized carbons (Fsp3) is 0.500. The number of carbonyl (C=O) groups is 1. The summed E-state index contributed by atoms with van der Waals surface area (Å²) in [4.78, 5) is 12.0. The van der Waals surface area contributed by atoms with E-state index in [-0.39, 0.29) is 17.3 Å². The summed E-state index contributed by atoms with van der Waals surface area (Å²) in [5.41, 5.74) is 0.887. The molecule has 1 saturated heterocycles. The third-order valence-corrected chi connectivity index (χ3v) is 6.33. The average molecular weight is 378 g/mol. The van der Waals surface area contributed by atoms with Crippen LogP contribution in [0.1, 0.15) is 45.1 Å². The lowest BCUT2D eigenvalue weighted by molar-refractivity contribution is -0.140. The molecule has 0 amide bonds. The fourth-order valence-electron chi connectivity index (χ4n) is 3.62. The Bertz CT molecular complexity index is 788. The van der Waals surface area contributed by atoms with Crippen molar-refractivity contribution in [3.8, 4) is 11.4 Å². The second kappa shape index (κ2) is 7.00. The zero-order chi connectivity index (χ0) is 17.4. The highest BCUT2D eigenvalue weighted by Gasteiger charge is 2.35. The lowest BCUT2D eigenvalue weighted by Crippen LogP contribution is -2.13. The molecular weight excluding hydrogens is 358 g/mol. The second-order valence-electron chi connectivity index (χ2n) is 6.68. The predicted molar refractivity (Wildman–Crippen MR) is 97.8 cm³/mol. The number of aromatic nitrogens is 3. The maximum Gasteiger partial charge on any atom is 0.319 e. The number of esters is 1. The summed E-state index contributed by atoms with van der Waals surface area (Å²) in [7, 11) is 0. The first kappa shape index (κ1) is 16.9. The number of thioether (sulfide) groups is 1. The number of benzene rings is 1. The summed E-state index contributed by atoms with van der Waals surface area (Å²) >= 11 is 7.87. The van der Waals surface area contributed by atoms with Gasteiger partial charge in [0.25, 0.3) is 0 Å². The monoisotopic (exact) mass is 377 g/mol. The van der Waals surface area contributed by atoms with Gasteiger partial charge >= 0.3 is 5.97 Å². The first-order valence-electron chi connectivity index (χ1n) is 8.70. The number of nitrogens with zero attached hydrogens (tertiary/aromatic N) is 3. The molecule has 0 spiro atoms. The Morgan fingerprint density at radius 1 is 1.24 bits per heavy atom. The van der Waals surface area contributed by atoms with Gasteiger partial charge in [-0.05, 0) is 31.9 Å². The molecule has 2 atom stereocenters. The summed E-state index contributed by atoms with van der Waals surface area (Å²) in [6.45, 7) is 1.93. The van der Waals surface area contributed by atoms with Gasteiger partial charge in [0.1, 0.15) is 11.4 Å². The van der Waals surface area contributed by atoms with Crippen LogP contribution >= 0.6 is 23.4 Å². The van der Waals surface area contributed by atoms with Gasteiger partial charge in [-0.1, -0.05) is 48.3 Å². The van der Waals surface area contributed by atoms with Crippen molar-refractivity contribution < 1.29 is 9.53 Å². The molecule has 5 nitrogen and oxygen atoms in total. The molecule has 2 fully saturated rings. The van der Waals surface area contributed by atoms with E-state index < -0.39 is 0 Å². The van der Waals surface area contributed by atoms with E-state index >= 15 is 0 Å². The van der Waals surface area contributed by atoms with E-state index in [0.717, 1.165) is 29.4 Å². The number of ether oxygens (including phenoxy) is 1. The molecule has 0 radical (unpaired) electrons. The molecule has 25 heavy (non-hydrogen) atoms. The molecule has 2 aliphatic rings. The van der Waals surface area contributed by atoms with Crippen LogP contribution in [-0.2, 0) is 9.53 Å². The van der Waals surface area contributed by atoms with E-state index in [1.165, 1.54) is 24.6 Å². The molecule has 1 aliphatic carbocycles. The van der Waals surface area contributed by atoms with Crippen molar-refractivity contribution in [1.82, 2.24) is 14.8 Å². The molecule has 2 heterocycles. The number of halogens is 1. The molecule has 1 aromatic heterocycles. The van der Waals surface area contributed by atoms with Crippen LogP contribution in [0.2, 0.25) is 5.02 Å². The first-order valence-corrected chi connectivity index (χ1v) is 9.96. The lowest BCUT2D eigenvalue weighted by Gasteiger charge is -2.18. The quantitative estimate of drug-likeness (QED) is 0.733. The third kappa shape index (κ3) is 3.29. The Labute approximate surface area is 156 Å². The van der Waals surface area contributed by atoms with Crippen LogP contribution < -0.4 is 0 Å². The summed E-state index contributed by atoms with van der Waals surface area (Å²) in [6, 6.07) is 8.07. The molecule has 0 N–H and O–H groups in total. The zero-order valence-electron chi connectivity index (χ0n) is 14.0. The molecular formula is C18H20ClN3O2S. The van der Waals surface area contributed by atoms with E-state index in [0.29, 0.717) is 17.5 Å². The molecule has 2 aromatic rings. The highest BCUT2D eigenvalue weighted by atomic mass is 35.5. The van der Waals surface area contributed by atoms with Crippen molar-refractivity contribution in [3.05, 3.63) is 29.3 Å². The van der Waals surface area contributed by atoms with Gasteiger partial charge < -0.3 is 4.74 Å². The standard InChI is InChI=1S/C18H20ClN3O2S/c1-11-10-15(17(23)24-11)25-18-21-20-16(13-8-4-5-9-14(13)19)22(18)12-6-2-3-7-12/h4-5,8-9,11-12,15H,2-3,6-7,10H2,1H3/t11-,15-/m0/s1. The van der Waals surface area contributed by atoms with Crippen LogP contribution in [0.15, 0.2) is 29.4 Å². The Hall–Kier alpha value is -1.53. The Morgan fingerprint density at radius 3 is 2.68 bits per heavy atom. The largest absolute Gasteiger partial charge is 0.462 e. The topological polar surface area (TPSA) is 57.0 Å². The molecule has 132 valence electrons. The number of carbonyl (C=O) groups excluding carboxylic acids is 1. The van der Waals surface area contributed by atoms with Crippen LogP contribution in [0.5, 0.6) is 0 Å². The minimum Gasteiger partial charge on any atom is -0.462 e. The number of hydrogen-bond acceptors (Lipinski definition) is 5. The minimum atomic E-state index is -0.210.